The number of H-pyrrole nitrogens is 1. The highest BCUT2D eigenvalue weighted by Gasteiger charge is 2.69. The predicted octanol–water partition coefficient (Wildman–Crippen LogP) is 7.01. The summed E-state index contributed by atoms with van der Waals surface area (Å²) in [6.07, 6.45) is 0.792. The van der Waals surface area contributed by atoms with Gasteiger partial charge in [0.1, 0.15) is 18.1 Å². The van der Waals surface area contributed by atoms with Crippen molar-refractivity contribution in [1.29, 1.82) is 0 Å². The summed E-state index contributed by atoms with van der Waals surface area (Å²) in [6, 6.07) is 20.2. The Labute approximate surface area is 271 Å². The van der Waals surface area contributed by atoms with Crippen LogP contribution in [0.1, 0.15) is 28.3 Å². The first-order valence-electron chi connectivity index (χ1n) is 14.4. The van der Waals surface area contributed by atoms with Crippen LogP contribution in [0.25, 0.3) is 0 Å². The Morgan fingerprint density at radius 1 is 0.932 bits per heavy atom. The van der Waals surface area contributed by atoms with Crippen LogP contribution in [0.2, 0.25) is 10.0 Å². The molecule has 1 N–H and O–H groups in total. The van der Waals surface area contributed by atoms with Crippen LogP contribution < -0.4 is 19.2 Å². The lowest BCUT2D eigenvalue weighted by Crippen LogP contribution is -2.42. The summed E-state index contributed by atoms with van der Waals surface area (Å²) in [5.74, 6) is 0.0406. The summed E-state index contributed by atoms with van der Waals surface area (Å²) in [4.78, 5) is 46.0. The number of carbonyl (C=O) groups is 2. The highest BCUT2D eigenvalue weighted by molar-refractivity contribution is 8.00. The van der Waals surface area contributed by atoms with Crippen LogP contribution in [0.3, 0.4) is 0 Å². The average molecular weight is 666 g/mol. The van der Waals surface area contributed by atoms with Gasteiger partial charge in [-0.25, -0.2) is 0 Å². The van der Waals surface area contributed by atoms with Gasteiger partial charge in [0.2, 0.25) is 11.8 Å². The number of imide groups is 1. The van der Waals surface area contributed by atoms with E-state index in [0.717, 1.165) is 27.5 Å². The van der Waals surface area contributed by atoms with Crippen LogP contribution in [-0.4, -0.2) is 29.2 Å². The third-order valence-electron chi connectivity index (χ3n) is 9.64. The number of amides is 2. The maximum Gasteiger partial charge on any atom is 0.305 e. The van der Waals surface area contributed by atoms with Crippen LogP contribution in [0.15, 0.2) is 76.6 Å². The number of ether oxygens (including phenoxy) is 2. The first-order chi connectivity index (χ1) is 21.3. The van der Waals surface area contributed by atoms with Crippen LogP contribution in [0, 0.1) is 29.6 Å². The van der Waals surface area contributed by atoms with E-state index >= 15 is 0 Å². The quantitative estimate of drug-likeness (QED) is 0.223. The van der Waals surface area contributed by atoms with Crippen molar-refractivity contribution in [3.63, 3.8) is 0 Å². The number of thioether (sulfide) groups is 1. The molecule has 11 heteroatoms. The maximum absolute atomic E-state index is 14.1. The smallest absolute Gasteiger partial charge is 0.305 e. The van der Waals surface area contributed by atoms with Crippen LogP contribution in [-0.2, 0) is 16.2 Å². The van der Waals surface area contributed by atoms with E-state index in [0.29, 0.717) is 33.8 Å². The van der Waals surface area contributed by atoms with Gasteiger partial charge in [-0.05, 0) is 84.3 Å². The summed E-state index contributed by atoms with van der Waals surface area (Å²) >= 11 is 15.7. The zero-order chi connectivity index (χ0) is 30.3. The van der Waals surface area contributed by atoms with Crippen molar-refractivity contribution < 1.29 is 19.1 Å². The Kier molecular flexibility index (Phi) is 6.86. The first kappa shape index (κ1) is 28.2. The van der Waals surface area contributed by atoms with Crippen molar-refractivity contribution in [3.8, 4) is 11.5 Å². The topological polar surface area (TPSA) is 88.7 Å². The summed E-state index contributed by atoms with van der Waals surface area (Å²) in [5, 5.41) is 2.08. The van der Waals surface area contributed by atoms with Gasteiger partial charge in [0, 0.05) is 31.7 Å². The fourth-order valence-electron chi connectivity index (χ4n) is 8.03. The van der Waals surface area contributed by atoms with Gasteiger partial charge < -0.3 is 14.5 Å². The fourth-order valence-corrected chi connectivity index (χ4v) is 11.3. The number of nitrogens with zero attached hydrogens (tertiary/aromatic N) is 1. The van der Waals surface area contributed by atoms with E-state index in [-0.39, 0.29) is 51.5 Å². The molecule has 44 heavy (non-hydrogen) atoms. The van der Waals surface area contributed by atoms with E-state index in [1.807, 2.05) is 36.4 Å². The minimum atomic E-state index is -0.411. The Balaban J connectivity index is 1.19. The highest BCUT2D eigenvalue weighted by Crippen LogP contribution is 2.69. The largest absolute Gasteiger partial charge is 0.497 e. The molecule has 7 atom stereocenters. The summed E-state index contributed by atoms with van der Waals surface area (Å²) in [6.45, 7) is 0.307. The second-order valence-electron chi connectivity index (χ2n) is 11.8. The number of aromatic amines is 1. The summed E-state index contributed by atoms with van der Waals surface area (Å²) in [7, 11) is 1.58. The number of aromatic nitrogens is 1. The van der Waals surface area contributed by atoms with E-state index in [9.17, 15) is 14.4 Å². The lowest BCUT2D eigenvalue weighted by atomic mass is 9.68. The van der Waals surface area contributed by atoms with Crippen LogP contribution >= 0.6 is 46.3 Å². The lowest BCUT2D eigenvalue weighted by molar-refractivity contribution is -0.123. The molecule has 8 rings (SSSR count). The number of methoxy groups -OCH3 is 1. The number of nitrogens with one attached hydrogen (secondary N) is 1. The Bertz CT molecular complexity index is 1870. The number of carbonyl (C=O) groups excluding carboxylic acids is 2. The molecule has 3 fully saturated rings. The fraction of sp³-hybridized carbons (Fsp3) is 0.303. The van der Waals surface area contributed by atoms with Crippen molar-refractivity contribution in [2.45, 2.75) is 29.2 Å². The number of benzene rings is 3. The number of anilines is 1. The summed E-state index contributed by atoms with van der Waals surface area (Å²) in [5.41, 5.74) is 2.38. The highest BCUT2D eigenvalue weighted by atomic mass is 35.5. The Morgan fingerprint density at radius 3 is 2.43 bits per heavy atom. The van der Waals surface area contributed by atoms with Gasteiger partial charge in [0.05, 0.1) is 29.7 Å². The Hall–Kier alpha value is -3.24. The second kappa shape index (κ2) is 10.7. The molecule has 3 heterocycles. The molecular formula is C33H26Cl2N2O5S2. The molecule has 1 aromatic heterocycles. The third kappa shape index (κ3) is 4.35. The molecule has 0 spiro atoms. The number of thiazole rings is 1. The number of hydrogen-bond acceptors (Lipinski definition) is 7. The van der Waals surface area contributed by atoms with Gasteiger partial charge in [-0.15, -0.1) is 11.8 Å². The predicted molar refractivity (Wildman–Crippen MR) is 171 cm³/mol. The molecule has 2 bridgehead atoms. The van der Waals surface area contributed by atoms with E-state index in [4.69, 9.17) is 32.7 Å². The normalized spacial score (nSPS) is 28.2. The monoisotopic (exact) mass is 664 g/mol. The average Bonchev–Trinajstić information content (AvgIpc) is 3.75. The molecule has 4 aromatic rings. The molecule has 3 aromatic carbocycles. The molecule has 2 aliphatic carbocycles. The van der Waals surface area contributed by atoms with Gasteiger partial charge in [-0.2, -0.15) is 0 Å². The standard InChI is InChI=1S/C33H26Cl2N2O5S2/c1-41-19-8-6-18(7-9-19)37-31(38)26-21-13-22(27(26)32(37)39)28-25(21)24(29-30(43-28)36-33(40)44-29)20-12-17(35)5-10-23(20)42-14-15-3-2-4-16(34)11-15/h2-12,21-22,24-28H,13-14H2,1H3,(H,36,40)/t21?,22?,24-,25?,26?,27?,28?/m1/s1. The molecule has 1 saturated heterocycles. The number of hydrogen-bond donors (Lipinski definition) is 1. The van der Waals surface area contributed by atoms with Crippen molar-refractivity contribution in [3.05, 3.63) is 102 Å². The van der Waals surface area contributed by atoms with Crippen molar-refractivity contribution >= 4 is 63.8 Å². The van der Waals surface area contributed by atoms with Crippen molar-refractivity contribution in [2.24, 2.45) is 29.6 Å². The van der Waals surface area contributed by atoms with Crippen molar-refractivity contribution in [2.75, 3.05) is 12.0 Å². The molecule has 6 unspecified atom stereocenters. The van der Waals surface area contributed by atoms with E-state index in [1.165, 1.54) is 16.2 Å². The van der Waals surface area contributed by atoms with Crippen LogP contribution in [0.4, 0.5) is 5.69 Å². The number of rotatable bonds is 6. The molecule has 7 nitrogen and oxygen atoms in total. The minimum absolute atomic E-state index is 0.00811. The molecule has 2 saturated carbocycles. The van der Waals surface area contributed by atoms with Crippen LogP contribution in [0.5, 0.6) is 11.5 Å². The zero-order valence-electron chi connectivity index (χ0n) is 23.4. The Morgan fingerprint density at radius 2 is 1.68 bits per heavy atom. The van der Waals surface area contributed by atoms with Gasteiger partial charge in [-0.3, -0.25) is 19.3 Å². The van der Waals surface area contributed by atoms with Gasteiger partial charge in [0.25, 0.3) is 0 Å². The molecule has 2 amide bonds. The van der Waals surface area contributed by atoms with E-state index in [2.05, 4.69) is 4.98 Å². The van der Waals surface area contributed by atoms with Gasteiger partial charge in [-0.1, -0.05) is 46.7 Å². The third-order valence-corrected chi connectivity index (χ3v) is 12.7. The molecule has 2 aliphatic heterocycles. The second-order valence-corrected chi connectivity index (χ2v) is 14.8. The molecule has 0 radical (unpaired) electrons. The zero-order valence-corrected chi connectivity index (χ0v) is 26.5. The minimum Gasteiger partial charge on any atom is -0.497 e. The first-order valence-corrected chi connectivity index (χ1v) is 16.9. The molecule has 4 aliphatic rings. The van der Waals surface area contributed by atoms with E-state index < -0.39 is 5.92 Å². The summed E-state index contributed by atoms with van der Waals surface area (Å²) < 4.78 is 11.7. The molecular weight excluding hydrogens is 639 g/mol. The van der Waals surface area contributed by atoms with Gasteiger partial charge >= 0.3 is 4.87 Å². The number of fused-ring (bicyclic) bond motifs is 9. The van der Waals surface area contributed by atoms with Gasteiger partial charge in [0.15, 0.2) is 0 Å². The molecule has 224 valence electrons. The van der Waals surface area contributed by atoms with Crippen molar-refractivity contribution in [1.82, 2.24) is 4.98 Å². The number of halogens is 2. The lowest BCUT2D eigenvalue weighted by Gasteiger charge is -2.43. The SMILES string of the molecule is COc1ccc(N2C(=O)C3C4CC(C3C2=O)C2C4Sc3[nH]c(=O)sc3[C@@H]2c2cc(Cl)ccc2OCc2cccc(Cl)c2)cc1. The van der Waals surface area contributed by atoms with E-state index in [1.54, 1.807) is 49.2 Å². The maximum atomic E-state index is 14.1.